The molecular formula is C12H28N3+. The van der Waals surface area contributed by atoms with Crippen molar-refractivity contribution in [3.05, 3.63) is 7.05 Å². The summed E-state index contributed by atoms with van der Waals surface area (Å²) in [6.45, 7) is 9.56. The summed E-state index contributed by atoms with van der Waals surface area (Å²) in [6.07, 6.45) is 1.31. The number of rotatable bonds is 1. The van der Waals surface area contributed by atoms with Crippen LogP contribution in [0.5, 0.6) is 0 Å². The molecule has 3 nitrogen and oxygen atoms in total. The predicted molar refractivity (Wildman–Crippen MR) is 65.0 cm³/mol. The van der Waals surface area contributed by atoms with Crippen LogP contribution < -0.4 is 0 Å². The fourth-order valence-corrected chi connectivity index (χ4v) is 2.36. The summed E-state index contributed by atoms with van der Waals surface area (Å²) >= 11 is 0. The van der Waals surface area contributed by atoms with E-state index in [0.29, 0.717) is 0 Å². The molecule has 0 aromatic rings. The first kappa shape index (κ1) is 12.9. The van der Waals surface area contributed by atoms with E-state index in [0.717, 1.165) is 11.2 Å². The summed E-state index contributed by atoms with van der Waals surface area (Å²) in [7, 11) is 11.1. The summed E-state index contributed by atoms with van der Waals surface area (Å²) in [6, 6.07) is 0. The Kier molecular flexibility index (Phi) is 4.15. The summed E-state index contributed by atoms with van der Waals surface area (Å²) in [5.41, 5.74) is 0. The summed E-state index contributed by atoms with van der Waals surface area (Å²) in [5.74, 6) is 0. The molecule has 1 aliphatic heterocycles. The summed E-state index contributed by atoms with van der Waals surface area (Å²) in [5, 5.41) is 0. The maximum atomic E-state index is 4.31. The lowest BCUT2D eigenvalue weighted by Crippen LogP contribution is -2.52. The largest absolute Gasteiger partial charge is 0.442 e. The highest BCUT2D eigenvalue weighted by Crippen LogP contribution is 2.11. The van der Waals surface area contributed by atoms with Crippen molar-refractivity contribution < 1.29 is 8.97 Å². The SMILES string of the molecule is [CH2-][N+]1(C)CC[N+](C)(CC)CCCN(C)C1. The van der Waals surface area contributed by atoms with Crippen LogP contribution in [0.3, 0.4) is 0 Å². The molecule has 15 heavy (non-hydrogen) atoms. The Morgan fingerprint density at radius 3 is 2.47 bits per heavy atom. The van der Waals surface area contributed by atoms with E-state index in [1.54, 1.807) is 0 Å². The van der Waals surface area contributed by atoms with Crippen molar-refractivity contribution in [1.29, 1.82) is 0 Å². The van der Waals surface area contributed by atoms with Gasteiger partial charge in [-0.25, -0.2) is 0 Å². The van der Waals surface area contributed by atoms with Gasteiger partial charge in [-0.05, 0) is 14.0 Å². The van der Waals surface area contributed by atoms with Crippen molar-refractivity contribution in [1.82, 2.24) is 4.90 Å². The van der Waals surface area contributed by atoms with E-state index in [2.05, 4.69) is 40.0 Å². The van der Waals surface area contributed by atoms with Gasteiger partial charge in [0.25, 0.3) is 0 Å². The Bertz CT molecular complexity index is 203. The van der Waals surface area contributed by atoms with Crippen LogP contribution in [0.25, 0.3) is 0 Å². The van der Waals surface area contributed by atoms with E-state index in [-0.39, 0.29) is 0 Å². The van der Waals surface area contributed by atoms with Crippen LogP contribution in [0, 0.1) is 7.05 Å². The van der Waals surface area contributed by atoms with E-state index in [1.807, 2.05) is 0 Å². The van der Waals surface area contributed by atoms with E-state index in [4.69, 9.17) is 0 Å². The van der Waals surface area contributed by atoms with E-state index in [1.165, 1.54) is 43.6 Å². The summed E-state index contributed by atoms with van der Waals surface area (Å²) < 4.78 is 2.08. The van der Waals surface area contributed by atoms with Gasteiger partial charge in [0.15, 0.2) is 0 Å². The molecule has 1 aliphatic rings. The molecule has 2 unspecified atom stereocenters. The van der Waals surface area contributed by atoms with Crippen molar-refractivity contribution in [2.75, 3.05) is 60.5 Å². The Morgan fingerprint density at radius 1 is 1.20 bits per heavy atom. The van der Waals surface area contributed by atoms with Crippen LogP contribution in [0.2, 0.25) is 0 Å². The molecular weight excluding hydrogens is 186 g/mol. The minimum absolute atomic E-state index is 0.879. The lowest BCUT2D eigenvalue weighted by molar-refractivity contribution is -0.946. The van der Waals surface area contributed by atoms with Crippen LogP contribution in [-0.2, 0) is 0 Å². The van der Waals surface area contributed by atoms with Crippen LogP contribution in [-0.4, -0.2) is 74.4 Å². The highest BCUT2D eigenvalue weighted by molar-refractivity contribution is 4.51. The third-order valence-corrected chi connectivity index (χ3v) is 3.76. The average molecular weight is 214 g/mol. The quantitative estimate of drug-likeness (QED) is 0.465. The predicted octanol–water partition coefficient (Wildman–Crippen LogP) is 0.984. The van der Waals surface area contributed by atoms with Gasteiger partial charge in [-0.2, -0.15) is 0 Å². The Balaban J connectivity index is 2.66. The zero-order valence-electron chi connectivity index (χ0n) is 11.0. The van der Waals surface area contributed by atoms with Gasteiger partial charge in [0.2, 0.25) is 0 Å². The second-order valence-electron chi connectivity index (χ2n) is 5.80. The zero-order valence-corrected chi connectivity index (χ0v) is 11.0. The topological polar surface area (TPSA) is 3.24 Å². The molecule has 1 heterocycles. The van der Waals surface area contributed by atoms with Crippen LogP contribution in [0.15, 0.2) is 0 Å². The molecule has 0 aromatic heterocycles. The molecule has 0 radical (unpaired) electrons. The molecule has 0 spiro atoms. The third-order valence-electron chi connectivity index (χ3n) is 3.76. The smallest absolute Gasteiger partial charge is 0.126 e. The highest BCUT2D eigenvalue weighted by atomic mass is 15.4. The normalized spacial score (nSPS) is 40.6. The number of quaternary nitrogens is 2. The molecule has 0 saturated carbocycles. The second kappa shape index (κ2) is 4.81. The molecule has 0 amide bonds. The highest BCUT2D eigenvalue weighted by Gasteiger charge is 2.25. The molecule has 90 valence electrons. The minimum Gasteiger partial charge on any atom is -0.442 e. The molecule has 0 bridgehead atoms. The van der Waals surface area contributed by atoms with Crippen molar-refractivity contribution in [2.24, 2.45) is 0 Å². The maximum Gasteiger partial charge on any atom is 0.126 e. The number of hydrogen-bond donors (Lipinski definition) is 0. The van der Waals surface area contributed by atoms with Crippen molar-refractivity contribution in [3.63, 3.8) is 0 Å². The fraction of sp³-hybridized carbons (Fsp3) is 0.917. The van der Waals surface area contributed by atoms with Crippen LogP contribution in [0.4, 0.5) is 0 Å². The summed E-state index contributed by atoms with van der Waals surface area (Å²) in [4.78, 5) is 2.42. The maximum absolute atomic E-state index is 4.31. The van der Waals surface area contributed by atoms with Gasteiger partial charge in [-0.15, -0.1) is 7.05 Å². The average Bonchev–Trinajstić information content (AvgIpc) is 2.18. The second-order valence-corrected chi connectivity index (χ2v) is 5.80. The van der Waals surface area contributed by atoms with Gasteiger partial charge in [-0.1, -0.05) is 0 Å². The minimum atomic E-state index is 0.879. The van der Waals surface area contributed by atoms with Gasteiger partial charge in [0.1, 0.15) is 19.8 Å². The van der Waals surface area contributed by atoms with Crippen LogP contribution in [0.1, 0.15) is 13.3 Å². The first-order valence-corrected chi connectivity index (χ1v) is 6.08. The third kappa shape index (κ3) is 4.09. The number of nitrogens with zero attached hydrogens (tertiary/aromatic N) is 3. The van der Waals surface area contributed by atoms with Crippen molar-refractivity contribution >= 4 is 0 Å². The van der Waals surface area contributed by atoms with E-state index in [9.17, 15) is 0 Å². The first-order valence-electron chi connectivity index (χ1n) is 6.08. The van der Waals surface area contributed by atoms with Gasteiger partial charge >= 0.3 is 0 Å². The van der Waals surface area contributed by atoms with E-state index >= 15 is 0 Å². The van der Waals surface area contributed by atoms with Crippen molar-refractivity contribution in [3.8, 4) is 0 Å². The van der Waals surface area contributed by atoms with Gasteiger partial charge in [0, 0.05) is 20.0 Å². The molecule has 1 saturated heterocycles. The molecule has 1 rings (SSSR count). The molecule has 0 N–H and O–H groups in total. The van der Waals surface area contributed by atoms with Gasteiger partial charge < -0.3 is 8.97 Å². The lowest BCUT2D eigenvalue weighted by atomic mass is 10.3. The monoisotopic (exact) mass is 214 g/mol. The fourth-order valence-electron chi connectivity index (χ4n) is 2.36. The Hall–Kier alpha value is -0.120. The molecule has 0 aliphatic carbocycles. The first-order chi connectivity index (χ1) is 6.87. The Morgan fingerprint density at radius 2 is 1.87 bits per heavy atom. The van der Waals surface area contributed by atoms with Gasteiger partial charge in [-0.3, -0.25) is 4.90 Å². The molecule has 1 fully saturated rings. The lowest BCUT2D eigenvalue weighted by Gasteiger charge is -2.42. The molecule has 0 aromatic carbocycles. The van der Waals surface area contributed by atoms with Crippen LogP contribution >= 0.6 is 0 Å². The number of hydrogen-bond acceptors (Lipinski definition) is 1. The Labute approximate surface area is 95.4 Å². The zero-order chi connectivity index (χ0) is 11.5. The molecule has 2 atom stereocenters. The standard InChI is InChI=1S/C12H28N3/c1-6-15(5)9-7-8-13(2)12-14(3,4)10-11-15/h3,6-12H2,1-2,4-5H3/q+1. The number of likely N-dealkylation sites (N-methyl/N-ethyl adjacent to an activating group) is 2. The van der Waals surface area contributed by atoms with Gasteiger partial charge in [0.05, 0.1) is 20.1 Å². The van der Waals surface area contributed by atoms with Crippen molar-refractivity contribution in [2.45, 2.75) is 13.3 Å². The molecule has 3 heteroatoms. The van der Waals surface area contributed by atoms with E-state index < -0.39 is 0 Å².